The molecule has 1 atom stereocenters. The van der Waals surface area contributed by atoms with E-state index < -0.39 is 5.60 Å². The molecule has 14 heavy (non-hydrogen) atoms. The summed E-state index contributed by atoms with van der Waals surface area (Å²) in [5, 5.41) is 12.1. The molecule has 0 aromatic rings. The van der Waals surface area contributed by atoms with E-state index in [0.29, 0.717) is 13.2 Å². The topological polar surface area (TPSA) is 58.6 Å². The Morgan fingerprint density at radius 1 is 1.64 bits per heavy atom. The maximum absolute atomic E-state index is 11.4. The zero-order valence-corrected chi connectivity index (χ0v) is 9.09. The molecule has 0 saturated carbocycles. The van der Waals surface area contributed by atoms with Crippen LogP contribution in [0.1, 0.15) is 27.2 Å². The predicted molar refractivity (Wildman–Crippen MR) is 52.9 cm³/mol. The lowest BCUT2D eigenvalue weighted by Crippen LogP contribution is -2.46. The molecule has 1 aliphatic heterocycles. The van der Waals surface area contributed by atoms with Gasteiger partial charge in [0.25, 0.3) is 5.91 Å². The van der Waals surface area contributed by atoms with Crippen LogP contribution in [0.15, 0.2) is 0 Å². The van der Waals surface area contributed by atoms with E-state index in [1.165, 1.54) is 13.8 Å². The van der Waals surface area contributed by atoms with Gasteiger partial charge in [0.2, 0.25) is 0 Å². The fourth-order valence-electron chi connectivity index (χ4n) is 1.36. The summed E-state index contributed by atoms with van der Waals surface area (Å²) in [6, 6.07) is 0. The summed E-state index contributed by atoms with van der Waals surface area (Å²) in [7, 11) is 0. The molecule has 0 aromatic heterocycles. The smallest absolute Gasteiger partial charge is 0.251 e. The summed E-state index contributed by atoms with van der Waals surface area (Å²) in [5.74, 6) is -0.328. The van der Waals surface area contributed by atoms with E-state index in [0.717, 1.165) is 13.0 Å². The number of rotatable bonds is 3. The summed E-state index contributed by atoms with van der Waals surface area (Å²) >= 11 is 0. The van der Waals surface area contributed by atoms with E-state index in [9.17, 15) is 9.90 Å². The highest BCUT2D eigenvalue weighted by Gasteiger charge is 2.32. The fraction of sp³-hybridized carbons (Fsp3) is 0.900. The molecule has 0 radical (unpaired) electrons. The molecule has 1 unspecified atom stereocenters. The van der Waals surface area contributed by atoms with E-state index in [-0.39, 0.29) is 11.3 Å². The van der Waals surface area contributed by atoms with Gasteiger partial charge in [-0.1, -0.05) is 6.92 Å². The predicted octanol–water partition coefficient (Wildman–Crippen LogP) is 0.300. The van der Waals surface area contributed by atoms with Gasteiger partial charge >= 0.3 is 0 Å². The molecule has 0 aromatic carbocycles. The minimum Gasteiger partial charge on any atom is -0.381 e. The van der Waals surface area contributed by atoms with Crippen molar-refractivity contribution in [1.82, 2.24) is 5.32 Å². The van der Waals surface area contributed by atoms with Crippen LogP contribution in [0.3, 0.4) is 0 Å². The Morgan fingerprint density at radius 2 is 2.29 bits per heavy atom. The van der Waals surface area contributed by atoms with Crippen molar-refractivity contribution in [2.24, 2.45) is 5.41 Å². The molecule has 4 heteroatoms. The first-order valence-corrected chi connectivity index (χ1v) is 4.92. The third kappa shape index (κ3) is 2.96. The first kappa shape index (κ1) is 11.5. The quantitative estimate of drug-likeness (QED) is 0.690. The average molecular weight is 201 g/mol. The molecule has 1 amide bonds. The average Bonchev–Trinajstić information content (AvgIpc) is 2.47. The van der Waals surface area contributed by atoms with Crippen LogP contribution in [-0.2, 0) is 9.53 Å². The molecule has 0 bridgehead atoms. The molecule has 0 spiro atoms. The number of carbonyl (C=O) groups excluding carboxylic acids is 1. The van der Waals surface area contributed by atoms with Crippen LogP contribution in [0.2, 0.25) is 0 Å². The summed E-state index contributed by atoms with van der Waals surface area (Å²) in [6.07, 6.45) is 0.957. The first-order valence-electron chi connectivity index (χ1n) is 4.92. The van der Waals surface area contributed by atoms with E-state index in [4.69, 9.17) is 4.74 Å². The Balaban J connectivity index is 2.37. The number of ether oxygens (including phenoxy) is 1. The summed E-state index contributed by atoms with van der Waals surface area (Å²) < 4.78 is 5.26. The van der Waals surface area contributed by atoms with Gasteiger partial charge in [0.1, 0.15) is 5.60 Å². The van der Waals surface area contributed by atoms with Gasteiger partial charge in [-0.2, -0.15) is 0 Å². The van der Waals surface area contributed by atoms with Gasteiger partial charge in [-0.25, -0.2) is 0 Å². The zero-order chi connectivity index (χ0) is 10.8. The van der Waals surface area contributed by atoms with Crippen LogP contribution < -0.4 is 5.32 Å². The van der Waals surface area contributed by atoms with Crippen LogP contribution in [0.25, 0.3) is 0 Å². The lowest BCUT2D eigenvalue weighted by molar-refractivity contribution is -0.136. The van der Waals surface area contributed by atoms with Gasteiger partial charge in [0, 0.05) is 18.6 Å². The number of amides is 1. The number of hydrogen-bond acceptors (Lipinski definition) is 3. The summed E-state index contributed by atoms with van der Waals surface area (Å²) in [5.41, 5.74) is -1.27. The van der Waals surface area contributed by atoms with E-state index >= 15 is 0 Å². The van der Waals surface area contributed by atoms with E-state index in [2.05, 4.69) is 12.2 Å². The monoisotopic (exact) mass is 201 g/mol. The molecule has 82 valence electrons. The first-order chi connectivity index (χ1) is 6.33. The largest absolute Gasteiger partial charge is 0.381 e. The van der Waals surface area contributed by atoms with Gasteiger partial charge in [0.15, 0.2) is 0 Å². The van der Waals surface area contributed by atoms with Crippen LogP contribution in [0.5, 0.6) is 0 Å². The normalized spacial score (nSPS) is 27.7. The van der Waals surface area contributed by atoms with Crippen molar-refractivity contribution < 1.29 is 14.6 Å². The van der Waals surface area contributed by atoms with Crippen molar-refractivity contribution in [3.8, 4) is 0 Å². The molecule has 0 aliphatic carbocycles. The minimum atomic E-state index is -1.30. The number of hydrogen-bond donors (Lipinski definition) is 2. The van der Waals surface area contributed by atoms with Crippen molar-refractivity contribution >= 4 is 5.91 Å². The van der Waals surface area contributed by atoms with Crippen LogP contribution in [0.4, 0.5) is 0 Å². The van der Waals surface area contributed by atoms with Gasteiger partial charge in [0.05, 0.1) is 6.61 Å². The molecule has 1 saturated heterocycles. The standard InChI is InChI=1S/C10H19NO3/c1-9(2,13)8(12)11-6-10(3)4-5-14-7-10/h13H,4-7H2,1-3H3,(H,11,12). The van der Waals surface area contributed by atoms with Gasteiger partial charge < -0.3 is 15.2 Å². The number of aliphatic hydroxyl groups is 1. The Morgan fingerprint density at radius 3 is 2.71 bits per heavy atom. The summed E-state index contributed by atoms with van der Waals surface area (Å²) in [4.78, 5) is 11.4. The Hall–Kier alpha value is -0.610. The van der Waals surface area contributed by atoms with Crippen molar-refractivity contribution in [3.63, 3.8) is 0 Å². The Labute approximate surface area is 84.6 Å². The molecular weight excluding hydrogens is 182 g/mol. The highest BCUT2D eigenvalue weighted by Crippen LogP contribution is 2.26. The molecular formula is C10H19NO3. The molecule has 1 aliphatic rings. The Kier molecular flexibility index (Phi) is 3.17. The second-order valence-corrected chi connectivity index (χ2v) is 4.85. The van der Waals surface area contributed by atoms with Crippen molar-refractivity contribution in [2.45, 2.75) is 32.8 Å². The van der Waals surface area contributed by atoms with Crippen molar-refractivity contribution in [3.05, 3.63) is 0 Å². The second kappa shape index (κ2) is 3.87. The van der Waals surface area contributed by atoms with Crippen molar-refractivity contribution in [2.75, 3.05) is 19.8 Å². The lowest BCUT2D eigenvalue weighted by Gasteiger charge is -2.24. The highest BCUT2D eigenvalue weighted by atomic mass is 16.5. The van der Waals surface area contributed by atoms with E-state index in [1.807, 2.05) is 0 Å². The van der Waals surface area contributed by atoms with Crippen LogP contribution >= 0.6 is 0 Å². The summed E-state index contributed by atoms with van der Waals surface area (Å²) in [6.45, 7) is 7.04. The third-order valence-corrected chi connectivity index (χ3v) is 2.53. The Bertz CT molecular complexity index is 214. The van der Waals surface area contributed by atoms with Gasteiger partial charge in [-0.3, -0.25) is 4.79 Å². The molecule has 1 rings (SSSR count). The zero-order valence-electron chi connectivity index (χ0n) is 9.09. The number of carbonyl (C=O) groups is 1. The maximum Gasteiger partial charge on any atom is 0.251 e. The van der Waals surface area contributed by atoms with Crippen LogP contribution in [0, 0.1) is 5.41 Å². The number of nitrogens with one attached hydrogen (secondary N) is 1. The second-order valence-electron chi connectivity index (χ2n) is 4.85. The molecule has 1 heterocycles. The van der Waals surface area contributed by atoms with Gasteiger partial charge in [-0.15, -0.1) is 0 Å². The minimum absolute atomic E-state index is 0.0287. The molecule has 4 nitrogen and oxygen atoms in total. The molecule has 2 N–H and O–H groups in total. The lowest BCUT2D eigenvalue weighted by atomic mass is 9.90. The van der Waals surface area contributed by atoms with E-state index in [1.54, 1.807) is 0 Å². The highest BCUT2D eigenvalue weighted by molar-refractivity contribution is 5.83. The van der Waals surface area contributed by atoms with Crippen molar-refractivity contribution in [1.29, 1.82) is 0 Å². The molecule has 1 fully saturated rings. The fourth-order valence-corrected chi connectivity index (χ4v) is 1.36. The van der Waals surface area contributed by atoms with Crippen LogP contribution in [-0.4, -0.2) is 36.4 Å². The SMILES string of the molecule is CC1(CNC(=O)C(C)(C)O)CCOC1. The third-order valence-electron chi connectivity index (χ3n) is 2.53. The maximum atomic E-state index is 11.4. The van der Waals surface area contributed by atoms with Gasteiger partial charge in [-0.05, 0) is 20.3 Å².